The lowest BCUT2D eigenvalue weighted by Gasteiger charge is -2.15. The zero-order valence-electron chi connectivity index (χ0n) is 20.5. The van der Waals surface area contributed by atoms with Crippen molar-refractivity contribution in [2.24, 2.45) is 0 Å². The average molecular weight is 500 g/mol. The zero-order chi connectivity index (χ0) is 25.4. The largest absolute Gasteiger partial charge is 0.504 e. The molecule has 0 radical (unpaired) electrons. The van der Waals surface area contributed by atoms with Crippen molar-refractivity contribution in [1.29, 1.82) is 0 Å². The van der Waals surface area contributed by atoms with Crippen molar-refractivity contribution in [2.75, 3.05) is 47.4 Å². The summed E-state index contributed by atoms with van der Waals surface area (Å²) in [5.41, 5.74) is 2.45. The summed E-state index contributed by atoms with van der Waals surface area (Å²) in [6.45, 7) is 0. The van der Waals surface area contributed by atoms with Crippen LogP contribution in [0.4, 0.5) is 5.69 Å². The van der Waals surface area contributed by atoms with Gasteiger partial charge in [-0.3, -0.25) is 0 Å². The molecule has 186 valence electrons. The van der Waals surface area contributed by atoms with Gasteiger partial charge in [0.15, 0.2) is 34.5 Å². The van der Waals surface area contributed by atoms with Crippen molar-refractivity contribution in [1.82, 2.24) is 0 Å². The third-order valence-corrected chi connectivity index (χ3v) is 5.90. The molecule has 0 bridgehead atoms. The van der Waals surface area contributed by atoms with Gasteiger partial charge in [-0.05, 0) is 65.5 Å². The van der Waals surface area contributed by atoms with Crippen LogP contribution in [0, 0.1) is 0 Å². The molecule has 3 aromatic carbocycles. The van der Waals surface area contributed by atoms with Crippen LogP contribution < -0.4 is 33.1 Å². The quantitative estimate of drug-likeness (QED) is 0.253. The van der Waals surface area contributed by atoms with Crippen LogP contribution in [0.5, 0.6) is 40.2 Å². The van der Waals surface area contributed by atoms with Crippen LogP contribution in [0.25, 0.3) is 12.2 Å². The highest BCUT2D eigenvalue weighted by atomic mass is 32.2. The molecule has 3 rings (SSSR count). The molecule has 0 heterocycles. The topological polar surface area (TPSA) is 87.6 Å². The fraction of sp³-hybridized carbons (Fsp3) is 0.231. The minimum Gasteiger partial charge on any atom is -0.504 e. The van der Waals surface area contributed by atoms with Gasteiger partial charge in [-0.15, -0.1) is 0 Å². The molecule has 0 unspecified atom stereocenters. The van der Waals surface area contributed by atoms with Crippen molar-refractivity contribution < 1.29 is 33.5 Å². The first-order valence-electron chi connectivity index (χ1n) is 10.5. The first-order chi connectivity index (χ1) is 17.0. The summed E-state index contributed by atoms with van der Waals surface area (Å²) in [5, 5.41) is 10.1. The maximum absolute atomic E-state index is 10.1. The molecular weight excluding hydrogens is 470 g/mol. The molecular formula is C26H29NO7S. The van der Waals surface area contributed by atoms with Crippen LogP contribution >= 0.6 is 11.9 Å². The smallest absolute Gasteiger partial charge is 0.203 e. The number of nitrogens with one attached hydrogen (secondary N) is 1. The molecule has 0 aliphatic rings. The van der Waals surface area contributed by atoms with E-state index in [2.05, 4.69) is 4.72 Å². The second-order valence-electron chi connectivity index (χ2n) is 7.13. The Labute approximate surface area is 209 Å². The van der Waals surface area contributed by atoms with Crippen molar-refractivity contribution in [3.63, 3.8) is 0 Å². The van der Waals surface area contributed by atoms with E-state index in [9.17, 15) is 5.11 Å². The second-order valence-corrected chi connectivity index (χ2v) is 8.01. The lowest BCUT2D eigenvalue weighted by molar-refractivity contribution is 0.324. The van der Waals surface area contributed by atoms with Gasteiger partial charge >= 0.3 is 0 Å². The summed E-state index contributed by atoms with van der Waals surface area (Å²) < 4.78 is 35.8. The minimum absolute atomic E-state index is 0.0610. The van der Waals surface area contributed by atoms with Crippen molar-refractivity contribution in [3.8, 4) is 40.2 Å². The Kier molecular flexibility index (Phi) is 8.86. The van der Waals surface area contributed by atoms with E-state index in [1.165, 1.54) is 19.1 Å². The lowest BCUT2D eigenvalue weighted by atomic mass is 10.1. The van der Waals surface area contributed by atoms with Gasteiger partial charge < -0.3 is 38.2 Å². The second kappa shape index (κ2) is 12.0. The highest BCUT2D eigenvalue weighted by Gasteiger charge is 2.14. The van der Waals surface area contributed by atoms with Gasteiger partial charge in [0.05, 0.1) is 48.3 Å². The summed E-state index contributed by atoms with van der Waals surface area (Å²) >= 11 is 1.32. The number of hydrogen-bond donors (Lipinski definition) is 2. The first-order valence-corrected chi connectivity index (χ1v) is 11.3. The van der Waals surface area contributed by atoms with Crippen LogP contribution in [0.2, 0.25) is 0 Å². The van der Waals surface area contributed by atoms with Crippen LogP contribution in [0.3, 0.4) is 0 Å². The molecule has 0 atom stereocenters. The number of hydrogen-bond acceptors (Lipinski definition) is 9. The SMILES string of the molecule is COc1ccc(SNc2cc(/C=C\c3cc(OC)c(OC)c(OC)c3)cc(OC)c2OC)cc1O. The lowest BCUT2D eigenvalue weighted by Crippen LogP contribution is -1.97. The van der Waals surface area contributed by atoms with E-state index < -0.39 is 0 Å². The molecule has 2 N–H and O–H groups in total. The van der Waals surface area contributed by atoms with Crippen molar-refractivity contribution in [2.45, 2.75) is 4.90 Å². The molecule has 3 aromatic rings. The summed E-state index contributed by atoms with van der Waals surface area (Å²) in [4.78, 5) is 0.794. The van der Waals surface area contributed by atoms with Gasteiger partial charge in [0.2, 0.25) is 5.75 Å². The van der Waals surface area contributed by atoms with Crippen LogP contribution in [0.1, 0.15) is 11.1 Å². The number of benzene rings is 3. The first kappa shape index (κ1) is 25.8. The predicted molar refractivity (Wildman–Crippen MR) is 139 cm³/mol. The monoisotopic (exact) mass is 499 g/mol. The molecule has 0 spiro atoms. The van der Waals surface area contributed by atoms with E-state index >= 15 is 0 Å². The third kappa shape index (κ3) is 5.99. The van der Waals surface area contributed by atoms with Crippen LogP contribution in [0.15, 0.2) is 47.4 Å². The Hall–Kier alpha value is -3.85. The number of phenols is 1. The number of anilines is 1. The van der Waals surface area contributed by atoms with E-state index in [0.29, 0.717) is 40.2 Å². The number of ether oxygens (including phenoxy) is 6. The Balaban J connectivity index is 1.91. The Bertz CT molecular complexity index is 1170. The van der Waals surface area contributed by atoms with E-state index in [0.717, 1.165) is 16.0 Å². The normalized spacial score (nSPS) is 10.7. The molecule has 0 aromatic heterocycles. The fourth-order valence-electron chi connectivity index (χ4n) is 3.39. The van der Waals surface area contributed by atoms with Crippen molar-refractivity contribution in [3.05, 3.63) is 53.6 Å². The van der Waals surface area contributed by atoms with Gasteiger partial charge in [-0.2, -0.15) is 0 Å². The Morgan fingerprint density at radius 3 is 1.63 bits per heavy atom. The summed E-state index contributed by atoms with van der Waals surface area (Å²) in [7, 11) is 9.41. The standard InChI is InChI=1S/C26H29NO7S/c1-29-21-10-9-18(15-20(21)28)35-27-19-11-16(12-22(30-2)25(19)33-5)7-8-17-13-23(31-3)26(34-6)24(14-17)32-4/h7-15,27-28H,1-6H3/b8-7-. The highest BCUT2D eigenvalue weighted by molar-refractivity contribution is 8.00. The molecule has 0 saturated heterocycles. The van der Waals surface area contributed by atoms with Gasteiger partial charge in [-0.1, -0.05) is 12.2 Å². The highest BCUT2D eigenvalue weighted by Crippen LogP contribution is 2.41. The average Bonchev–Trinajstić information content (AvgIpc) is 2.89. The van der Waals surface area contributed by atoms with E-state index in [1.54, 1.807) is 47.7 Å². The molecule has 35 heavy (non-hydrogen) atoms. The molecule has 0 saturated carbocycles. The van der Waals surface area contributed by atoms with Crippen LogP contribution in [-0.2, 0) is 0 Å². The van der Waals surface area contributed by atoms with Crippen molar-refractivity contribution >= 4 is 29.8 Å². The Morgan fingerprint density at radius 2 is 1.14 bits per heavy atom. The third-order valence-electron chi connectivity index (χ3n) is 5.09. The van der Waals surface area contributed by atoms with Gasteiger partial charge in [0.25, 0.3) is 0 Å². The summed E-state index contributed by atoms with van der Waals surface area (Å²) in [6.07, 6.45) is 3.88. The molecule has 8 nitrogen and oxygen atoms in total. The van der Waals surface area contributed by atoms with Gasteiger partial charge in [0, 0.05) is 4.90 Å². The number of methoxy groups -OCH3 is 6. The maximum Gasteiger partial charge on any atom is 0.203 e. The molecule has 9 heteroatoms. The molecule has 0 amide bonds. The zero-order valence-corrected chi connectivity index (χ0v) is 21.3. The summed E-state index contributed by atoms with van der Waals surface area (Å²) in [6, 6.07) is 12.7. The molecule has 0 aliphatic carbocycles. The number of aromatic hydroxyl groups is 1. The van der Waals surface area contributed by atoms with E-state index in [1.807, 2.05) is 42.5 Å². The molecule has 0 fully saturated rings. The predicted octanol–water partition coefficient (Wildman–Crippen LogP) is 5.73. The van der Waals surface area contributed by atoms with Gasteiger partial charge in [-0.25, -0.2) is 0 Å². The Morgan fingerprint density at radius 1 is 0.629 bits per heavy atom. The fourth-order valence-corrected chi connectivity index (χ4v) is 4.08. The number of phenolic OH excluding ortho intramolecular Hbond substituents is 1. The van der Waals surface area contributed by atoms with Crippen LogP contribution in [-0.4, -0.2) is 47.8 Å². The van der Waals surface area contributed by atoms with E-state index in [4.69, 9.17) is 28.4 Å². The minimum atomic E-state index is 0.0610. The maximum atomic E-state index is 10.1. The van der Waals surface area contributed by atoms with E-state index in [-0.39, 0.29) is 5.75 Å². The van der Waals surface area contributed by atoms with Gasteiger partial charge in [0.1, 0.15) is 0 Å². The number of rotatable bonds is 11. The summed E-state index contributed by atoms with van der Waals surface area (Å²) in [5.74, 6) is 3.27. The molecule has 0 aliphatic heterocycles.